The van der Waals surface area contributed by atoms with Gasteiger partial charge in [0.25, 0.3) is 0 Å². The van der Waals surface area contributed by atoms with Gasteiger partial charge in [0, 0.05) is 56.0 Å². The summed E-state index contributed by atoms with van der Waals surface area (Å²) < 4.78 is 6.14. The second kappa shape index (κ2) is 12.3. The van der Waals surface area contributed by atoms with Gasteiger partial charge in [-0.25, -0.2) is 4.98 Å². The number of hydrogen-bond acceptors (Lipinski definition) is 5. The van der Waals surface area contributed by atoms with Crippen LogP contribution >= 0.6 is 0 Å². The van der Waals surface area contributed by atoms with E-state index in [-0.39, 0.29) is 26.8 Å². The zero-order valence-corrected chi connectivity index (χ0v) is 24.8. The first-order chi connectivity index (χ1) is 19.5. The van der Waals surface area contributed by atoms with Crippen LogP contribution in [0.1, 0.15) is 11.4 Å². The van der Waals surface area contributed by atoms with Crippen molar-refractivity contribution in [2.45, 2.75) is 13.8 Å². The molecule has 0 atom stereocenters. The number of hydrogen-bond donors (Lipinski definition) is 1. The summed E-state index contributed by atoms with van der Waals surface area (Å²) in [5, 5.41) is 10.7. The number of ether oxygens (including phenoxy) is 1. The number of phenolic OH excluding ortho intramolecular Hbond substituents is 1. The number of rotatable bonds is 6. The molecule has 41 heavy (non-hydrogen) atoms. The molecule has 0 unspecified atom stereocenters. The van der Waals surface area contributed by atoms with Crippen molar-refractivity contribution in [3.05, 3.63) is 133 Å². The molecule has 3 heterocycles. The second-order valence-corrected chi connectivity index (χ2v) is 9.57. The Morgan fingerprint density at radius 1 is 0.634 bits per heavy atom. The summed E-state index contributed by atoms with van der Waals surface area (Å²) in [5.74, 6) is 1.18. The molecule has 0 aliphatic heterocycles. The monoisotopic (exact) mass is 715 g/mol. The van der Waals surface area contributed by atoms with Gasteiger partial charge in [0.2, 0.25) is 5.88 Å². The zero-order valence-electron chi connectivity index (χ0n) is 22.5. The van der Waals surface area contributed by atoms with Gasteiger partial charge in [-0.05, 0) is 72.6 Å². The van der Waals surface area contributed by atoms with E-state index in [1.165, 1.54) is 0 Å². The van der Waals surface area contributed by atoms with Crippen LogP contribution in [0.4, 0.5) is 0 Å². The fourth-order valence-electron chi connectivity index (χ4n) is 4.72. The van der Waals surface area contributed by atoms with Crippen molar-refractivity contribution in [2.75, 3.05) is 0 Å². The minimum Gasteiger partial charge on any atom is -0.507 e. The summed E-state index contributed by atoms with van der Waals surface area (Å²) in [5.41, 5.74) is 8.62. The molecule has 6 heteroatoms. The molecule has 0 radical (unpaired) electrons. The van der Waals surface area contributed by atoms with Gasteiger partial charge in [-0.2, -0.15) is 0 Å². The third-order valence-corrected chi connectivity index (χ3v) is 6.50. The van der Waals surface area contributed by atoms with E-state index in [1.54, 1.807) is 18.3 Å². The van der Waals surface area contributed by atoms with Crippen LogP contribution in [0.3, 0.4) is 0 Å². The molecule has 0 bridgehead atoms. The van der Waals surface area contributed by atoms with E-state index in [9.17, 15) is 5.11 Å². The number of benzene rings is 3. The molecule has 204 valence electrons. The van der Waals surface area contributed by atoms with Crippen LogP contribution in [-0.2, 0) is 21.1 Å². The molecule has 0 amide bonds. The number of nitrogens with zero attached hydrogens (tertiary/aromatic N) is 3. The first-order valence-corrected chi connectivity index (χ1v) is 13.0. The maximum absolute atomic E-state index is 10.7. The number of aromatic hydroxyl groups is 1. The summed E-state index contributed by atoms with van der Waals surface area (Å²) in [4.78, 5) is 13.9. The fraction of sp³-hybridized carbons (Fsp3) is 0.0571. The number of aromatic nitrogens is 3. The number of aryl methyl sites for hydroxylation is 2. The summed E-state index contributed by atoms with van der Waals surface area (Å²) in [6, 6.07) is 38.5. The van der Waals surface area contributed by atoms with Crippen LogP contribution in [0.5, 0.6) is 17.4 Å². The molecule has 0 aliphatic rings. The van der Waals surface area contributed by atoms with Gasteiger partial charge in [0.15, 0.2) is 0 Å². The fourth-order valence-corrected chi connectivity index (χ4v) is 4.72. The van der Waals surface area contributed by atoms with Crippen molar-refractivity contribution < 1.29 is 30.9 Å². The standard InChI is InChI=1S/C35H26N3O2.Pt/c1-23-16-26(17-24(2)37-23)28-21-32(38-33(22-28)31-12-6-7-13-34(31)39)29-18-27(25-10-4-3-5-11-25)19-30(20-29)40-35-14-8-9-15-36-35;/h3-19,21-22,39H,1-2H3;/q-1;. The quantitative estimate of drug-likeness (QED) is 0.176. The van der Waals surface area contributed by atoms with Gasteiger partial charge in [-0.1, -0.05) is 72.3 Å². The molecule has 0 saturated carbocycles. The molecule has 0 spiro atoms. The van der Waals surface area contributed by atoms with Gasteiger partial charge >= 0.3 is 0 Å². The minimum atomic E-state index is 0. The Bertz CT molecular complexity index is 1790. The largest absolute Gasteiger partial charge is 0.507 e. The summed E-state index contributed by atoms with van der Waals surface area (Å²) in [7, 11) is 0. The van der Waals surface area contributed by atoms with E-state index < -0.39 is 0 Å². The van der Waals surface area contributed by atoms with Crippen molar-refractivity contribution in [1.82, 2.24) is 15.0 Å². The molecule has 0 aliphatic carbocycles. The maximum Gasteiger partial charge on any atom is 0.217 e. The number of pyridine rings is 3. The average Bonchev–Trinajstić information content (AvgIpc) is 2.97. The SMILES string of the molecule is Cc1cc(-c2cc(-c3[c-]c(Oc4ccccn4)cc(-c4ccccc4)c3)nc(-c3ccccc3O)c2)cc(C)n1.[Pt]. The normalized spacial score (nSPS) is 10.6. The molecular weight excluding hydrogens is 689 g/mol. The van der Waals surface area contributed by atoms with E-state index in [0.29, 0.717) is 28.6 Å². The predicted octanol–water partition coefficient (Wildman–Crippen LogP) is 8.45. The molecular formula is C35H26N3O2Pt-. The van der Waals surface area contributed by atoms with E-state index in [0.717, 1.165) is 39.2 Å². The number of para-hydroxylation sites is 1. The van der Waals surface area contributed by atoms with Crippen LogP contribution in [-0.4, -0.2) is 20.1 Å². The summed E-state index contributed by atoms with van der Waals surface area (Å²) >= 11 is 0. The van der Waals surface area contributed by atoms with Gasteiger partial charge in [-0.3, -0.25) is 9.97 Å². The molecule has 0 fully saturated rings. The number of phenols is 1. The van der Waals surface area contributed by atoms with Crippen LogP contribution < -0.4 is 4.74 Å². The van der Waals surface area contributed by atoms with Gasteiger partial charge in [-0.15, -0.1) is 11.6 Å². The smallest absolute Gasteiger partial charge is 0.217 e. The van der Waals surface area contributed by atoms with Gasteiger partial charge in [0.1, 0.15) is 5.75 Å². The molecule has 3 aromatic carbocycles. The molecule has 1 N–H and O–H groups in total. The Hall–Kier alpha value is -4.60. The van der Waals surface area contributed by atoms with Crippen molar-refractivity contribution >= 4 is 0 Å². The molecule has 6 aromatic rings. The van der Waals surface area contributed by atoms with Crippen molar-refractivity contribution in [2.24, 2.45) is 0 Å². The average molecular weight is 716 g/mol. The van der Waals surface area contributed by atoms with Crippen molar-refractivity contribution in [3.8, 4) is 62.1 Å². The topological polar surface area (TPSA) is 68.1 Å². The maximum atomic E-state index is 10.7. The van der Waals surface area contributed by atoms with Gasteiger partial charge in [0.05, 0.1) is 5.69 Å². The Kier molecular flexibility index (Phi) is 8.37. The van der Waals surface area contributed by atoms with E-state index in [4.69, 9.17) is 9.72 Å². The van der Waals surface area contributed by atoms with Crippen LogP contribution in [0.2, 0.25) is 0 Å². The van der Waals surface area contributed by atoms with Crippen molar-refractivity contribution in [1.29, 1.82) is 0 Å². The Balaban J connectivity index is 0.00000337. The molecule has 3 aromatic heterocycles. The van der Waals surface area contributed by atoms with E-state index in [1.807, 2.05) is 80.6 Å². The summed E-state index contributed by atoms with van der Waals surface area (Å²) in [6.07, 6.45) is 1.69. The Morgan fingerprint density at radius 3 is 2.02 bits per heavy atom. The van der Waals surface area contributed by atoms with E-state index in [2.05, 4.69) is 46.4 Å². The third kappa shape index (κ3) is 6.42. The minimum absolute atomic E-state index is 0. The molecule has 5 nitrogen and oxygen atoms in total. The van der Waals surface area contributed by atoms with Crippen LogP contribution in [0.15, 0.2) is 115 Å². The van der Waals surface area contributed by atoms with Crippen LogP contribution in [0.25, 0.3) is 44.8 Å². The second-order valence-electron chi connectivity index (χ2n) is 9.57. The first kappa shape index (κ1) is 27.9. The van der Waals surface area contributed by atoms with Gasteiger partial charge < -0.3 is 9.84 Å². The molecule has 6 rings (SSSR count). The first-order valence-electron chi connectivity index (χ1n) is 13.0. The third-order valence-electron chi connectivity index (χ3n) is 6.50. The molecule has 0 saturated heterocycles. The van der Waals surface area contributed by atoms with Crippen LogP contribution in [0, 0.1) is 19.9 Å². The predicted molar refractivity (Wildman–Crippen MR) is 158 cm³/mol. The summed E-state index contributed by atoms with van der Waals surface area (Å²) in [6.45, 7) is 3.97. The zero-order chi connectivity index (χ0) is 27.5. The van der Waals surface area contributed by atoms with E-state index >= 15 is 0 Å². The Morgan fingerprint density at radius 2 is 1.29 bits per heavy atom. The van der Waals surface area contributed by atoms with Crippen molar-refractivity contribution in [3.63, 3.8) is 0 Å². The Labute approximate surface area is 253 Å².